The summed E-state index contributed by atoms with van der Waals surface area (Å²) < 4.78 is 5.29. The molecule has 11 heteroatoms. The molecule has 1 aromatic carbocycles. The van der Waals surface area contributed by atoms with E-state index >= 15 is 0 Å². The van der Waals surface area contributed by atoms with Gasteiger partial charge in [0.2, 0.25) is 11.8 Å². The highest BCUT2D eigenvalue weighted by atomic mass is 35.5. The number of hydrogen-bond acceptors (Lipinski definition) is 6. The number of hydrogen-bond donors (Lipinski definition) is 1. The number of amides is 4. The van der Waals surface area contributed by atoms with E-state index in [-0.39, 0.29) is 41.2 Å². The summed E-state index contributed by atoms with van der Waals surface area (Å²) in [5, 5.41) is 10.3. The van der Waals surface area contributed by atoms with Crippen LogP contribution in [0.1, 0.15) is 45.1 Å². The zero-order chi connectivity index (χ0) is 27.4. The minimum atomic E-state index is -1.93. The highest BCUT2D eigenvalue weighted by Gasteiger charge is 2.76. The van der Waals surface area contributed by atoms with Gasteiger partial charge in [-0.1, -0.05) is 23.3 Å². The van der Waals surface area contributed by atoms with Crippen LogP contribution in [0.25, 0.3) is 0 Å². The maximum Gasteiger partial charge on any atom is 0.253 e. The van der Waals surface area contributed by atoms with Crippen molar-refractivity contribution in [1.29, 1.82) is 0 Å². The molecule has 8 nitrogen and oxygen atoms in total. The van der Waals surface area contributed by atoms with Crippen LogP contribution in [-0.4, -0.2) is 68.0 Å². The third kappa shape index (κ3) is 3.21. The molecule has 1 saturated carbocycles. The number of nitrogens with zero attached hydrogens (tertiary/aromatic N) is 2. The molecule has 1 N–H and O–H groups in total. The number of carbonyl (C=O) groups is 4. The molecule has 0 spiro atoms. The van der Waals surface area contributed by atoms with Crippen LogP contribution in [0.2, 0.25) is 5.02 Å². The number of aromatic hydroxyl groups is 1. The molecule has 0 bridgehead atoms. The van der Waals surface area contributed by atoms with Crippen LogP contribution in [-0.2, 0) is 19.2 Å². The molecular weight excluding hydrogens is 543 g/mol. The number of methoxy groups -OCH3 is 1. The Balaban J connectivity index is 1.75. The van der Waals surface area contributed by atoms with E-state index in [2.05, 4.69) is 0 Å². The van der Waals surface area contributed by atoms with E-state index in [0.717, 1.165) is 4.90 Å². The fourth-order valence-corrected chi connectivity index (χ4v) is 7.93. The third-order valence-corrected chi connectivity index (χ3v) is 9.99. The fourth-order valence-electron chi connectivity index (χ4n) is 6.70. The van der Waals surface area contributed by atoms with Crippen LogP contribution in [0.3, 0.4) is 0 Å². The van der Waals surface area contributed by atoms with Crippen molar-refractivity contribution in [2.75, 3.05) is 14.2 Å². The summed E-state index contributed by atoms with van der Waals surface area (Å²) >= 11 is 20.6. The number of rotatable bonds is 2. The molecule has 0 aromatic heterocycles. The molecule has 198 valence electrons. The van der Waals surface area contributed by atoms with Crippen LogP contribution >= 0.6 is 34.8 Å². The summed E-state index contributed by atoms with van der Waals surface area (Å²) in [5.41, 5.74) is 0.311. The van der Waals surface area contributed by atoms with Gasteiger partial charge in [-0.2, -0.15) is 0 Å². The first kappa shape index (κ1) is 26.3. The van der Waals surface area contributed by atoms with Gasteiger partial charge < -0.3 is 9.84 Å². The van der Waals surface area contributed by atoms with Crippen molar-refractivity contribution in [2.24, 2.45) is 17.8 Å². The van der Waals surface area contributed by atoms with Crippen molar-refractivity contribution in [1.82, 2.24) is 9.80 Å². The van der Waals surface area contributed by atoms with Crippen molar-refractivity contribution >= 4 is 58.4 Å². The minimum absolute atomic E-state index is 0.0395. The first-order chi connectivity index (χ1) is 17.1. The van der Waals surface area contributed by atoms with Gasteiger partial charge in [-0.15, -0.1) is 23.2 Å². The third-order valence-electron chi connectivity index (χ3n) is 8.29. The molecule has 2 saturated heterocycles. The molecule has 6 atom stereocenters. The zero-order valence-electron chi connectivity index (χ0n) is 21.0. The largest absolute Gasteiger partial charge is 0.503 e. The molecule has 4 amide bonds. The van der Waals surface area contributed by atoms with Gasteiger partial charge in [0, 0.05) is 18.5 Å². The maximum atomic E-state index is 13.7. The molecule has 6 unspecified atom stereocenters. The summed E-state index contributed by atoms with van der Waals surface area (Å²) in [6, 6.07) is 2.96. The van der Waals surface area contributed by atoms with Crippen molar-refractivity contribution in [3.63, 3.8) is 0 Å². The second-order valence-electron chi connectivity index (χ2n) is 11.2. The van der Waals surface area contributed by atoms with Gasteiger partial charge >= 0.3 is 0 Å². The molecule has 37 heavy (non-hydrogen) atoms. The predicted molar refractivity (Wildman–Crippen MR) is 137 cm³/mol. The van der Waals surface area contributed by atoms with Crippen molar-refractivity contribution < 1.29 is 29.0 Å². The van der Waals surface area contributed by atoms with E-state index in [0.29, 0.717) is 11.1 Å². The SMILES string of the molecule is COc1cc(C2C3=CCC4C(=O)N(C(C)(C)C)C(=O)C4C3CC3(Cl)C(=O)N(C)C(=O)C23Cl)cc(Cl)c1O. The number of imide groups is 2. The molecule has 3 fully saturated rings. The number of halogens is 3. The van der Waals surface area contributed by atoms with Crippen molar-refractivity contribution in [2.45, 2.75) is 54.8 Å². The lowest BCUT2D eigenvalue weighted by molar-refractivity contribution is -0.146. The quantitative estimate of drug-likeness (QED) is 0.330. The van der Waals surface area contributed by atoms with Crippen LogP contribution in [0.5, 0.6) is 11.5 Å². The Labute approximate surface area is 229 Å². The van der Waals surface area contributed by atoms with Crippen LogP contribution in [0.15, 0.2) is 23.8 Å². The van der Waals surface area contributed by atoms with Crippen molar-refractivity contribution in [3.05, 3.63) is 34.4 Å². The Morgan fingerprint density at radius 2 is 1.70 bits per heavy atom. The van der Waals surface area contributed by atoms with Crippen LogP contribution in [0.4, 0.5) is 0 Å². The molecule has 0 radical (unpaired) electrons. The Hall–Kier alpha value is -2.29. The van der Waals surface area contributed by atoms with E-state index in [9.17, 15) is 24.3 Å². The lowest BCUT2D eigenvalue weighted by atomic mass is 9.56. The van der Waals surface area contributed by atoms with E-state index in [4.69, 9.17) is 39.5 Å². The number of fused-ring (bicyclic) bond motifs is 4. The normalized spacial score (nSPS) is 35.4. The number of alkyl halides is 2. The summed E-state index contributed by atoms with van der Waals surface area (Å²) in [5.74, 6) is -5.13. The second kappa shape index (κ2) is 8.10. The van der Waals surface area contributed by atoms with Gasteiger partial charge in [-0.05, 0) is 57.2 Å². The number of allylic oxidation sites excluding steroid dienone is 2. The van der Waals surface area contributed by atoms with Gasteiger partial charge in [0.1, 0.15) is 0 Å². The molecule has 1 aromatic rings. The Bertz CT molecular complexity index is 1310. The highest BCUT2D eigenvalue weighted by molar-refractivity contribution is 6.53. The van der Waals surface area contributed by atoms with Crippen LogP contribution < -0.4 is 4.74 Å². The van der Waals surface area contributed by atoms with E-state index in [1.807, 2.05) is 6.08 Å². The Morgan fingerprint density at radius 3 is 2.30 bits per heavy atom. The summed E-state index contributed by atoms with van der Waals surface area (Å²) in [4.78, 5) is 52.5. The highest BCUT2D eigenvalue weighted by Crippen LogP contribution is 2.65. The minimum Gasteiger partial charge on any atom is -0.503 e. The Morgan fingerprint density at radius 1 is 1.05 bits per heavy atom. The average molecular weight is 570 g/mol. The molecular formula is C26H27Cl3N2O6. The van der Waals surface area contributed by atoms with E-state index in [1.54, 1.807) is 20.8 Å². The second-order valence-corrected chi connectivity index (χ2v) is 12.9. The number of phenolic OH excluding ortho intramolecular Hbond substituents is 1. The maximum absolute atomic E-state index is 13.7. The Kier molecular flexibility index (Phi) is 5.77. The monoisotopic (exact) mass is 568 g/mol. The van der Waals surface area contributed by atoms with E-state index in [1.165, 1.54) is 31.2 Å². The standard InChI is InChI=1S/C26H27Cl3N2O6/c1-24(2,3)31-20(33)13-7-6-12-14(17(13)21(31)34)10-25(28)22(35)30(4)23(36)26(25,29)18(12)11-8-15(27)19(32)16(9-11)37-5/h6,8-9,13-14,17-18,32H,7,10H2,1-5H3. The lowest BCUT2D eigenvalue weighted by Gasteiger charge is -2.50. The summed E-state index contributed by atoms with van der Waals surface area (Å²) in [6.45, 7) is 5.39. The molecule has 2 aliphatic carbocycles. The zero-order valence-corrected chi connectivity index (χ0v) is 23.2. The number of likely N-dealkylation sites (tertiary alicyclic amines) is 2. The number of ether oxygens (including phenoxy) is 1. The molecule has 2 heterocycles. The number of benzene rings is 1. The van der Waals surface area contributed by atoms with Crippen LogP contribution in [0, 0.1) is 17.8 Å². The van der Waals surface area contributed by atoms with Gasteiger partial charge in [0.05, 0.1) is 24.0 Å². The van der Waals surface area contributed by atoms with E-state index < -0.39 is 50.8 Å². The average Bonchev–Trinajstić information content (AvgIpc) is 3.16. The van der Waals surface area contributed by atoms with Crippen molar-refractivity contribution in [3.8, 4) is 11.5 Å². The van der Waals surface area contributed by atoms with Gasteiger partial charge in [-0.3, -0.25) is 29.0 Å². The van der Waals surface area contributed by atoms with Gasteiger partial charge in [0.25, 0.3) is 11.8 Å². The first-order valence-electron chi connectivity index (χ1n) is 12.0. The topological polar surface area (TPSA) is 104 Å². The van der Waals surface area contributed by atoms with Gasteiger partial charge in [-0.25, -0.2) is 0 Å². The lowest BCUT2D eigenvalue weighted by Crippen LogP contribution is -2.60. The molecule has 2 aliphatic heterocycles. The van der Waals surface area contributed by atoms with Gasteiger partial charge in [0.15, 0.2) is 21.2 Å². The number of phenols is 1. The smallest absolute Gasteiger partial charge is 0.253 e. The summed E-state index contributed by atoms with van der Waals surface area (Å²) in [7, 11) is 2.68. The first-order valence-corrected chi connectivity index (χ1v) is 13.1. The predicted octanol–water partition coefficient (Wildman–Crippen LogP) is 3.84. The number of carbonyl (C=O) groups excluding carboxylic acids is 4. The molecule has 5 rings (SSSR count). The molecule has 4 aliphatic rings. The fraction of sp³-hybridized carbons (Fsp3) is 0.538. The summed E-state index contributed by atoms with van der Waals surface area (Å²) in [6.07, 6.45) is 2.03.